The van der Waals surface area contributed by atoms with Crippen molar-refractivity contribution in [3.63, 3.8) is 0 Å². The lowest BCUT2D eigenvalue weighted by atomic mass is 10.0. The molecule has 0 aromatic carbocycles. The second kappa shape index (κ2) is 59.9. The molecule has 0 saturated heterocycles. The van der Waals surface area contributed by atoms with Gasteiger partial charge in [-0.3, -0.25) is 14.4 Å². The van der Waals surface area contributed by atoms with E-state index in [4.69, 9.17) is 14.2 Å². The van der Waals surface area contributed by atoms with Crippen molar-refractivity contribution in [3.8, 4) is 0 Å². The molecule has 412 valence electrons. The lowest BCUT2D eigenvalue weighted by Crippen LogP contribution is -2.30. The lowest BCUT2D eigenvalue weighted by Gasteiger charge is -2.18. The monoisotopic (exact) mass is 1000 g/mol. The van der Waals surface area contributed by atoms with Crippen molar-refractivity contribution in [1.29, 1.82) is 0 Å². The molecule has 0 bridgehead atoms. The Morgan fingerprint density at radius 1 is 0.292 bits per heavy atom. The van der Waals surface area contributed by atoms with Gasteiger partial charge < -0.3 is 14.2 Å². The molecule has 1 atom stereocenters. The van der Waals surface area contributed by atoms with Crippen LogP contribution >= 0.6 is 0 Å². The Kier molecular flexibility index (Phi) is 56.8. The maximum absolute atomic E-state index is 12.8. The summed E-state index contributed by atoms with van der Waals surface area (Å²) in [5, 5.41) is 0. The van der Waals surface area contributed by atoms with E-state index in [1.807, 2.05) is 0 Å². The molecule has 0 spiro atoms. The predicted octanol–water partition coefficient (Wildman–Crippen LogP) is 20.5. The smallest absolute Gasteiger partial charge is 0.306 e. The summed E-state index contributed by atoms with van der Waals surface area (Å²) in [7, 11) is 0. The third-order valence-electron chi connectivity index (χ3n) is 12.8. The fraction of sp³-hybridized carbons (Fsp3) is 0.712. The molecular weight excluding hydrogens is 889 g/mol. The molecule has 6 nitrogen and oxygen atoms in total. The highest BCUT2D eigenvalue weighted by atomic mass is 16.6. The third-order valence-corrected chi connectivity index (χ3v) is 12.8. The number of unbranched alkanes of at least 4 members (excludes halogenated alkanes) is 27. The Morgan fingerprint density at radius 3 is 0.861 bits per heavy atom. The molecule has 0 fully saturated rings. The van der Waals surface area contributed by atoms with E-state index in [9.17, 15) is 14.4 Å². The molecule has 0 saturated carbocycles. The minimum atomic E-state index is -0.789. The quantitative estimate of drug-likeness (QED) is 0.0261. The largest absolute Gasteiger partial charge is 0.462 e. The van der Waals surface area contributed by atoms with Crippen LogP contribution in [0.5, 0.6) is 0 Å². The molecule has 1 unspecified atom stereocenters. The molecular formula is C66H112O6. The van der Waals surface area contributed by atoms with E-state index in [1.54, 1.807) is 0 Å². The summed E-state index contributed by atoms with van der Waals surface area (Å²) in [4.78, 5) is 38.2. The molecule has 0 aliphatic heterocycles. The highest BCUT2D eigenvalue weighted by molar-refractivity contribution is 5.71. The summed E-state index contributed by atoms with van der Waals surface area (Å²) >= 11 is 0. The van der Waals surface area contributed by atoms with Gasteiger partial charge in [-0.25, -0.2) is 0 Å². The molecule has 0 aromatic rings. The molecule has 0 amide bonds. The van der Waals surface area contributed by atoms with Gasteiger partial charge in [0, 0.05) is 19.3 Å². The van der Waals surface area contributed by atoms with Crippen molar-refractivity contribution in [2.75, 3.05) is 13.2 Å². The first kappa shape index (κ1) is 68.3. The summed E-state index contributed by atoms with van der Waals surface area (Å²) in [6.07, 6.45) is 79.7. The average Bonchev–Trinajstić information content (AvgIpc) is 3.38. The van der Waals surface area contributed by atoms with Gasteiger partial charge >= 0.3 is 17.9 Å². The number of carbonyl (C=O) groups is 3. The Balaban J connectivity index is 4.35. The van der Waals surface area contributed by atoms with Gasteiger partial charge in [0.1, 0.15) is 13.2 Å². The molecule has 6 heteroatoms. The van der Waals surface area contributed by atoms with E-state index < -0.39 is 6.10 Å². The molecule has 0 heterocycles. The first-order valence-corrected chi connectivity index (χ1v) is 30.2. The van der Waals surface area contributed by atoms with Crippen LogP contribution in [-0.4, -0.2) is 37.2 Å². The van der Waals surface area contributed by atoms with Crippen molar-refractivity contribution in [1.82, 2.24) is 0 Å². The Hall–Kier alpha value is -3.67. The van der Waals surface area contributed by atoms with Gasteiger partial charge in [-0.15, -0.1) is 0 Å². The summed E-state index contributed by atoms with van der Waals surface area (Å²) < 4.78 is 16.9. The van der Waals surface area contributed by atoms with Crippen LogP contribution in [0.25, 0.3) is 0 Å². The van der Waals surface area contributed by atoms with Gasteiger partial charge in [0.15, 0.2) is 6.10 Å². The molecule has 72 heavy (non-hydrogen) atoms. The number of allylic oxidation sites excluding steroid dienone is 16. The van der Waals surface area contributed by atoms with E-state index in [2.05, 4.69) is 118 Å². The predicted molar refractivity (Wildman–Crippen MR) is 311 cm³/mol. The zero-order valence-electron chi connectivity index (χ0n) is 47.2. The van der Waals surface area contributed by atoms with Crippen LogP contribution < -0.4 is 0 Å². The van der Waals surface area contributed by atoms with Gasteiger partial charge in [0.05, 0.1) is 0 Å². The highest BCUT2D eigenvalue weighted by Crippen LogP contribution is 2.15. The van der Waals surface area contributed by atoms with Crippen molar-refractivity contribution in [2.24, 2.45) is 0 Å². The van der Waals surface area contributed by atoms with E-state index in [0.717, 1.165) is 135 Å². The van der Waals surface area contributed by atoms with Crippen molar-refractivity contribution in [2.45, 2.75) is 290 Å². The maximum Gasteiger partial charge on any atom is 0.306 e. The summed E-state index contributed by atoms with van der Waals surface area (Å²) in [6.45, 7) is 6.51. The van der Waals surface area contributed by atoms with E-state index in [1.165, 1.54) is 109 Å². The second-order valence-corrected chi connectivity index (χ2v) is 19.9. The SMILES string of the molecule is CC/C=C\C/C=C\C/C=C\C/C=C\C/C=C\C/C=C\C/C=C\CCCCCCCC(=O)OCC(COC(=O)CCCCCCCCCCCCCCC)OC(=O)CCCCCCC/C=C\CCCCCCC. The van der Waals surface area contributed by atoms with Crippen LogP contribution in [0.15, 0.2) is 97.2 Å². The van der Waals surface area contributed by atoms with Crippen LogP contribution in [0.1, 0.15) is 284 Å². The number of carbonyl (C=O) groups excluding carboxylic acids is 3. The summed E-state index contributed by atoms with van der Waals surface area (Å²) in [5.41, 5.74) is 0. The van der Waals surface area contributed by atoms with Crippen LogP contribution in [-0.2, 0) is 28.6 Å². The standard InChI is InChI=1S/C66H112O6/c1-4-7-10-13-16-19-22-25-27-28-29-30-31-32-33-34-35-36-37-38-39-42-44-47-50-53-56-59-65(68)71-62-63(61-70-64(67)58-55-52-49-46-43-40-24-21-18-15-12-9-6-3)72-66(69)60-57-54-51-48-45-41-26-23-20-17-14-11-8-5-2/h7,10,16,19,23,25-27,29-30,32-33,35-36,38-39,63H,4-6,8-9,11-15,17-18,20-22,24,28,31,34,37,40-62H2,1-3H3/b10-7-,19-16-,26-23-,27-25-,30-29-,33-32-,36-35-,39-38-. The summed E-state index contributed by atoms with van der Waals surface area (Å²) in [5.74, 6) is -0.907. The van der Waals surface area contributed by atoms with Crippen molar-refractivity contribution >= 4 is 17.9 Å². The zero-order valence-corrected chi connectivity index (χ0v) is 47.2. The number of ether oxygens (including phenoxy) is 3. The first-order chi connectivity index (χ1) is 35.5. The molecule has 0 aromatic heterocycles. The lowest BCUT2D eigenvalue weighted by molar-refractivity contribution is -0.167. The minimum Gasteiger partial charge on any atom is -0.462 e. The normalized spacial score (nSPS) is 12.8. The van der Waals surface area contributed by atoms with E-state index >= 15 is 0 Å². The van der Waals surface area contributed by atoms with Crippen LogP contribution in [0, 0.1) is 0 Å². The Bertz CT molecular complexity index is 1430. The third kappa shape index (κ3) is 57.2. The molecule has 0 radical (unpaired) electrons. The van der Waals surface area contributed by atoms with Crippen molar-refractivity contribution in [3.05, 3.63) is 97.2 Å². The zero-order chi connectivity index (χ0) is 52.2. The van der Waals surface area contributed by atoms with Crippen molar-refractivity contribution < 1.29 is 28.6 Å². The molecule has 0 aliphatic rings. The van der Waals surface area contributed by atoms with E-state index in [0.29, 0.717) is 19.3 Å². The first-order valence-electron chi connectivity index (χ1n) is 30.2. The van der Waals surface area contributed by atoms with Crippen LogP contribution in [0.3, 0.4) is 0 Å². The summed E-state index contributed by atoms with van der Waals surface area (Å²) in [6, 6.07) is 0. The maximum atomic E-state index is 12.8. The van der Waals surface area contributed by atoms with E-state index in [-0.39, 0.29) is 31.1 Å². The van der Waals surface area contributed by atoms with Crippen LogP contribution in [0.4, 0.5) is 0 Å². The Labute approximate surface area is 445 Å². The molecule has 0 N–H and O–H groups in total. The second-order valence-electron chi connectivity index (χ2n) is 19.9. The minimum absolute atomic E-state index is 0.0849. The number of esters is 3. The number of hydrogen-bond donors (Lipinski definition) is 0. The molecule has 0 aliphatic carbocycles. The number of hydrogen-bond acceptors (Lipinski definition) is 6. The van der Waals surface area contributed by atoms with Gasteiger partial charge in [-0.05, 0) is 103 Å². The molecule has 0 rings (SSSR count). The van der Waals surface area contributed by atoms with Gasteiger partial charge in [0.25, 0.3) is 0 Å². The highest BCUT2D eigenvalue weighted by Gasteiger charge is 2.19. The fourth-order valence-corrected chi connectivity index (χ4v) is 8.30. The van der Waals surface area contributed by atoms with Gasteiger partial charge in [-0.1, -0.05) is 259 Å². The van der Waals surface area contributed by atoms with Crippen LogP contribution in [0.2, 0.25) is 0 Å². The Morgan fingerprint density at radius 2 is 0.542 bits per heavy atom. The van der Waals surface area contributed by atoms with Gasteiger partial charge in [-0.2, -0.15) is 0 Å². The topological polar surface area (TPSA) is 78.9 Å². The average molecular weight is 1000 g/mol. The number of rotatable bonds is 54. The van der Waals surface area contributed by atoms with Gasteiger partial charge in [0.2, 0.25) is 0 Å². The fourth-order valence-electron chi connectivity index (χ4n) is 8.30.